The van der Waals surface area contributed by atoms with Gasteiger partial charge in [-0.25, -0.2) is 5.84 Å². The molecule has 15 heavy (non-hydrogen) atoms. The Balaban J connectivity index is 2.65. The van der Waals surface area contributed by atoms with Crippen LogP contribution in [0.4, 0.5) is 0 Å². The summed E-state index contributed by atoms with van der Waals surface area (Å²) in [4.78, 5) is 23.9. The quantitative estimate of drug-likeness (QED) is 0.407. The van der Waals surface area contributed by atoms with Crippen LogP contribution in [0.3, 0.4) is 0 Å². The summed E-state index contributed by atoms with van der Waals surface area (Å²) in [6, 6.07) is 8.75. The van der Waals surface area contributed by atoms with Crippen LogP contribution < -0.4 is 11.3 Å². The number of nitrogens with one attached hydrogen (secondary N) is 1. The van der Waals surface area contributed by atoms with Crippen molar-refractivity contribution in [2.24, 2.45) is 5.84 Å². The Kier molecular flexibility index (Phi) is 3.82. The molecule has 0 spiro atoms. The summed E-state index contributed by atoms with van der Waals surface area (Å²) < 4.78 is 0. The van der Waals surface area contributed by atoms with Crippen molar-refractivity contribution in [3.63, 3.8) is 0 Å². The lowest BCUT2D eigenvalue weighted by Gasteiger charge is -2.15. The zero-order chi connectivity index (χ0) is 11.3. The molecular formula is C10H13N3O2. The third-order valence-electron chi connectivity index (χ3n) is 1.91. The highest BCUT2D eigenvalue weighted by Gasteiger charge is 2.13. The molecule has 0 saturated carbocycles. The third kappa shape index (κ3) is 3.07. The standard InChI is InChI=1S/C10H13N3O2/c1-13(7-9(14)12-11)10(15)8-5-3-2-4-6-8/h2-6H,7,11H2,1H3,(H,12,14). The van der Waals surface area contributed by atoms with Gasteiger partial charge in [0.05, 0.1) is 0 Å². The number of hydrogen-bond donors (Lipinski definition) is 2. The Morgan fingerprint density at radius 3 is 2.47 bits per heavy atom. The van der Waals surface area contributed by atoms with E-state index in [1.54, 1.807) is 31.3 Å². The minimum atomic E-state index is -0.401. The fraction of sp³-hybridized carbons (Fsp3) is 0.200. The number of likely N-dealkylation sites (N-methyl/N-ethyl adjacent to an activating group) is 1. The molecule has 0 aliphatic rings. The molecule has 80 valence electrons. The van der Waals surface area contributed by atoms with Gasteiger partial charge in [-0.15, -0.1) is 0 Å². The molecule has 1 aromatic rings. The molecule has 0 bridgehead atoms. The molecule has 3 N–H and O–H groups in total. The number of carbonyl (C=O) groups excluding carboxylic acids is 2. The van der Waals surface area contributed by atoms with Crippen LogP contribution in [0.15, 0.2) is 30.3 Å². The van der Waals surface area contributed by atoms with Crippen molar-refractivity contribution >= 4 is 11.8 Å². The van der Waals surface area contributed by atoms with E-state index in [0.717, 1.165) is 0 Å². The molecule has 0 fully saturated rings. The first-order valence-electron chi connectivity index (χ1n) is 4.45. The van der Waals surface area contributed by atoms with Gasteiger partial charge in [0.15, 0.2) is 0 Å². The van der Waals surface area contributed by atoms with Gasteiger partial charge in [-0.1, -0.05) is 18.2 Å². The summed E-state index contributed by atoms with van der Waals surface area (Å²) in [5, 5.41) is 0. The zero-order valence-electron chi connectivity index (χ0n) is 8.43. The number of nitrogens with zero attached hydrogens (tertiary/aromatic N) is 1. The van der Waals surface area contributed by atoms with E-state index in [9.17, 15) is 9.59 Å². The van der Waals surface area contributed by atoms with Crippen molar-refractivity contribution in [2.45, 2.75) is 0 Å². The van der Waals surface area contributed by atoms with Gasteiger partial charge in [-0.2, -0.15) is 0 Å². The van der Waals surface area contributed by atoms with Crippen LogP contribution in [0.2, 0.25) is 0 Å². The van der Waals surface area contributed by atoms with Gasteiger partial charge in [-0.05, 0) is 12.1 Å². The van der Waals surface area contributed by atoms with Crippen LogP contribution in [-0.4, -0.2) is 30.3 Å². The monoisotopic (exact) mass is 207 g/mol. The van der Waals surface area contributed by atoms with E-state index in [4.69, 9.17) is 5.84 Å². The SMILES string of the molecule is CN(CC(=O)NN)C(=O)c1ccccc1. The van der Waals surface area contributed by atoms with E-state index in [1.807, 2.05) is 11.5 Å². The van der Waals surface area contributed by atoms with Crippen molar-refractivity contribution < 1.29 is 9.59 Å². The maximum absolute atomic E-state index is 11.7. The summed E-state index contributed by atoms with van der Waals surface area (Å²) in [6.07, 6.45) is 0. The van der Waals surface area contributed by atoms with Crippen molar-refractivity contribution in [1.82, 2.24) is 10.3 Å². The molecule has 1 rings (SSSR count). The first-order valence-corrected chi connectivity index (χ1v) is 4.45. The molecule has 2 amide bonds. The fourth-order valence-electron chi connectivity index (χ4n) is 1.13. The number of nitrogens with two attached hydrogens (primary N) is 1. The van der Waals surface area contributed by atoms with Crippen molar-refractivity contribution in [3.05, 3.63) is 35.9 Å². The molecule has 0 heterocycles. The Morgan fingerprint density at radius 1 is 1.33 bits per heavy atom. The molecule has 0 saturated heterocycles. The highest BCUT2D eigenvalue weighted by Crippen LogP contribution is 2.02. The van der Waals surface area contributed by atoms with Crippen LogP contribution in [0, 0.1) is 0 Å². The topological polar surface area (TPSA) is 75.4 Å². The molecule has 0 radical (unpaired) electrons. The fourth-order valence-corrected chi connectivity index (χ4v) is 1.13. The van der Waals surface area contributed by atoms with Gasteiger partial charge >= 0.3 is 0 Å². The van der Waals surface area contributed by atoms with E-state index >= 15 is 0 Å². The highest BCUT2D eigenvalue weighted by atomic mass is 16.2. The molecule has 0 aliphatic carbocycles. The second-order valence-electron chi connectivity index (χ2n) is 3.09. The summed E-state index contributed by atoms with van der Waals surface area (Å²) >= 11 is 0. The van der Waals surface area contributed by atoms with Crippen molar-refractivity contribution in [1.29, 1.82) is 0 Å². The van der Waals surface area contributed by atoms with Gasteiger partial charge in [-0.3, -0.25) is 15.0 Å². The number of hydrogen-bond acceptors (Lipinski definition) is 3. The van der Waals surface area contributed by atoms with Crippen LogP contribution in [0.5, 0.6) is 0 Å². The maximum atomic E-state index is 11.7. The summed E-state index contributed by atoms with van der Waals surface area (Å²) in [7, 11) is 1.55. The summed E-state index contributed by atoms with van der Waals surface area (Å²) in [6.45, 7) is -0.0514. The van der Waals surface area contributed by atoms with Crippen LogP contribution in [0.25, 0.3) is 0 Å². The van der Waals surface area contributed by atoms with E-state index in [1.165, 1.54) is 4.90 Å². The van der Waals surface area contributed by atoms with Crippen LogP contribution in [-0.2, 0) is 4.79 Å². The minimum absolute atomic E-state index is 0.0514. The Morgan fingerprint density at radius 2 is 1.93 bits per heavy atom. The van der Waals surface area contributed by atoms with Crippen molar-refractivity contribution in [3.8, 4) is 0 Å². The molecule has 5 nitrogen and oxygen atoms in total. The van der Waals surface area contributed by atoms with Gasteiger partial charge in [0.2, 0.25) is 0 Å². The first-order chi connectivity index (χ1) is 7.15. The highest BCUT2D eigenvalue weighted by molar-refractivity contribution is 5.96. The lowest BCUT2D eigenvalue weighted by atomic mass is 10.2. The summed E-state index contributed by atoms with van der Waals surface area (Å²) in [5.74, 6) is 4.31. The van der Waals surface area contributed by atoms with Crippen LogP contribution >= 0.6 is 0 Å². The molecule has 0 unspecified atom stereocenters. The Bertz CT molecular complexity index is 351. The predicted octanol–water partition coefficient (Wildman–Crippen LogP) is -0.251. The lowest BCUT2D eigenvalue weighted by molar-refractivity contribution is -0.121. The Labute approximate surface area is 87.8 Å². The molecule has 0 aliphatic heterocycles. The third-order valence-corrected chi connectivity index (χ3v) is 1.91. The zero-order valence-corrected chi connectivity index (χ0v) is 8.43. The normalized spacial score (nSPS) is 9.47. The average Bonchev–Trinajstić information content (AvgIpc) is 2.29. The predicted molar refractivity (Wildman–Crippen MR) is 55.7 cm³/mol. The van der Waals surface area contributed by atoms with Gasteiger partial charge < -0.3 is 4.90 Å². The largest absolute Gasteiger partial charge is 0.332 e. The van der Waals surface area contributed by atoms with Crippen molar-refractivity contribution in [2.75, 3.05) is 13.6 Å². The van der Waals surface area contributed by atoms with E-state index in [-0.39, 0.29) is 12.5 Å². The van der Waals surface area contributed by atoms with Gasteiger partial charge in [0.1, 0.15) is 6.54 Å². The molecular weight excluding hydrogens is 194 g/mol. The molecule has 0 atom stereocenters. The number of amides is 2. The second-order valence-corrected chi connectivity index (χ2v) is 3.09. The smallest absolute Gasteiger partial charge is 0.254 e. The number of carbonyl (C=O) groups is 2. The van der Waals surface area contributed by atoms with Gasteiger partial charge in [0, 0.05) is 12.6 Å². The minimum Gasteiger partial charge on any atom is -0.332 e. The number of benzene rings is 1. The maximum Gasteiger partial charge on any atom is 0.254 e. The first kappa shape index (κ1) is 11.2. The number of hydrazine groups is 1. The second kappa shape index (κ2) is 5.11. The van der Waals surface area contributed by atoms with Crippen LogP contribution in [0.1, 0.15) is 10.4 Å². The Hall–Kier alpha value is -1.88. The average molecular weight is 207 g/mol. The van der Waals surface area contributed by atoms with E-state index < -0.39 is 5.91 Å². The number of rotatable bonds is 3. The molecule has 0 aromatic heterocycles. The molecule has 5 heteroatoms. The lowest BCUT2D eigenvalue weighted by Crippen LogP contribution is -2.41. The van der Waals surface area contributed by atoms with Gasteiger partial charge in [0.25, 0.3) is 11.8 Å². The molecule has 1 aromatic carbocycles. The summed E-state index contributed by atoms with van der Waals surface area (Å²) in [5.41, 5.74) is 2.52. The van der Waals surface area contributed by atoms with E-state index in [0.29, 0.717) is 5.56 Å². The van der Waals surface area contributed by atoms with E-state index in [2.05, 4.69) is 0 Å².